The minimum atomic E-state index is -4.95. The number of aliphatic hydroxyl groups is 1. The van der Waals surface area contributed by atoms with Crippen LogP contribution in [-0.2, 0) is 65.4 Å². The third kappa shape index (κ3) is 60.1. The van der Waals surface area contributed by atoms with Crippen LogP contribution < -0.4 is 0 Å². The Bertz CT molecular complexity index is 1730. The van der Waals surface area contributed by atoms with E-state index in [4.69, 9.17) is 37.0 Å². The van der Waals surface area contributed by atoms with Crippen LogP contribution in [0.2, 0.25) is 0 Å². The number of ether oxygens (including phenoxy) is 4. The largest absolute Gasteiger partial charge is 0.472 e. The molecular formula is C68H132O17P2. The van der Waals surface area contributed by atoms with Crippen LogP contribution in [0, 0.1) is 23.7 Å². The molecule has 0 radical (unpaired) electrons. The van der Waals surface area contributed by atoms with Crippen molar-refractivity contribution in [1.82, 2.24) is 0 Å². The van der Waals surface area contributed by atoms with Gasteiger partial charge in [-0.2, -0.15) is 0 Å². The normalized spacial score (nSPS) is 15.0. The Kier molecular flexibility index (Phi) is 56.6. The number of rotatable bonds is 65. The molecule has 7 atom stereocenters. The number of carbonyl (C=O) groups is 4. The van der Waals surface area contributed by atoms with Crippen LogP contribution in [-0.4, -0.2) is 96.7 Å². The zero-order valence-corrected chi connectivity index (χ0v) is 58.4. The number of carbonyl (C=O) groups excluding carboxylic acids is 4. The van der Waals surface area contributed by atoms with E-state index in [1.54, 1.807) is 0 Å². The molecule has 0 saturated carbocycles. The molecule has 0 aromatic rings. The van der Waals surface area contributed by atoms with Gasteiger partial charge in [0, 0.05) is 25.7 Å². The lowest BCUT2D eigenvalue weighted by Crippen LogP contribution is -2.30. The van der Waals surface area contributed by atoms with Gasteiger partial charge in [-0.05, 0) is 49.4 Å². The number of phosphoric ester groups is 2. The van der Waals surface area contributed by atoms with Crippen molar-refractivity contribution < 1.29 is 80.2 Å². The van der Waals surface area contributed by atoms with Gasteiger partial charge in [-0.1, -0.05) is 280 Å². The lowest BCUT2D eigenvalue weighted by Gasteiger charge is -2.21. The number of hydrogen-bond acceptors (Lipinski definition) is 15. The van der Waals surface area contributed by atoms with Crippen molar-refractivity contribution in [3.63, 3.8) is 0 Å². The van der Waals surface area contributed by atoms with E-state index in [0.29, 0.717) is 31.6 Å². The Morgan fingerprint density at radius 1 is 0.322 bits per heavy atom. The summed E-state index contributed by atoms with van der Waals surface area (Å²) >= 11 is 0. The van der Waals surface area contributed by atoms with E-state index in [1.807, 2.05) is 0 Å². The van der Waals surface area contributed by atoms with Gasteiger partial charge < -0.3 is 33.8 Å². The zero-order valence-electron chi connectivity index (χ0n) is 56.6. The summed E-state index contributed by atoms with van der Waals surface area (Å²) in [5.74, 6) is 0.857. The SMILES string of the molecule is CCC(C)CCCCCCCCCCCCC(=O)O[C@H](COC(=O)CCCCCCCCC(C)CC)COP(=O)(O)OC[C@H](O)COP(=O)(O)OC[C@@H](COC(=O)CCCCCCCCCC(C)C)OC(=O)CCCCCCCCCCCCC(C)C. The second kappa shape index (κ2) is 57.9. The minimum Gasteiger partial charge on any atom is -0.462 e. The predicted molar refractivity (Wildman–Crippen MR) is 349 cm³/mol. The van der Waals surface area contributed by atoms with Gasteiger partial charge >= 0.3 is 39.5 Å². The van der Waals surface area contributed by atoms with Crippen LogP contribution in [0.25, 0.3) is 0 Å². The summed E-state index contributed by atoms with van der Waals surface area (Å²) in [5.41, 5.74) is 0. The van der Waals surface area contributed by atoms with E-state index in [1.165, 1.54) is 122 Å². The highest BCUT2D eigenvalue weighted by Crippen LogP contribution is 2.45. The fourth-order valence-electron chi connectivity index (χ4n) is 10.1. The summed E-state index contributed by atoms with van der Waals surface area (Å²) in [5, 5.41) is 10.6. The van der Waals surface area contributed by atoms with E-state index < -0.39 is 97.5 Å². The Balaban J connectivity index is 5.26. The van der Waals surface area contributed by atoms with Crippen molar-refractivity contribution in [3.8, 4) is 0 Å². The molecule has 0 fully saturated rings. The fourth-order valence-corrected chi connectivity index (χ4v) is 11.7. The molecule has 0 saturated heterocycles. The summed E-state index contributed by atoms with van der Waals surface area (Å²) in [4.78, 5) is 72.4. The Morgan fingerprint density at radius 3 is 0.816 bits per heavy atom. The molecule has 0 aliphatic rings. The highest BCUT2D eigenvalue weighted by Gasteiger charge is 2.30. The topological polar surface area (TPSA) is 237 Å². The maximum Gasteiger partial charge on any atom is 0.472 e. The second-order valence-electron chi connectivity index (χ2n) is 26.0. The standard InChI is InChI=1S/C68H132O17P2/c1-9-60(7)46-38-30-22-16-12-14-18-24-35-43-51-68(73)85-64(55-79-66(71)49-41-33-27-26-31-39-47-61(8)10-2)57-83-87(76,77)81-53-62(69)52-80-86(74,75)82-56-63(54-78-65(70)48-40-32-25-19-21-29-37-45-59(5)6)84-67(72)50-42-34-23-17-13-11-15-20-28-36-44-58(3)4/h58-64,69H,9-57H2,1-8H3,(H,74,75)(H,76,77)/t60?,61?,62-,63-,64-/m1/s1. The first-order valence-electron chi connectivity index (χ1n) is 35.3. The first-order valence-corrected chi connectivity index (χ1v) is 38.3. The van der Waals surface area contributed by atoms with Crippen molar-refractivity contribution in [3.05, 3.63) is 0 Å². The fraction of sp³-hybridized carbons (Fsp3) is 0.941. The van der Waals surface area contributed by atoms with Crippen molar-refractivity contribution in [2.75, 3.05) is 39.6 Å². The monoisotopic (exact) mass is 1280 g/mol. The maximum absolute atomic E-state index is 13.0. The first-order chi connectivity index (χ1) is 41.7. The molecule has 87 heavy (non-hydrogen) atoms. The van der Waals surface area contributed by atoms with Gasteiger partial charge in [-0.25, -0.2) is 9.13 Å². The average Bonchev–Trinajstić information content (AvgIpc) is 3.70. The smallest absolute Gasteiger partial charge is 0.462 e. The van der Waals surface area contributed by atoms with Crippen LogP contribution in [0.3, 0.4) is 0 Å². The lowest BCUT2D eigenvalue weighted by molar-refractivity contribution is -0.161. The Labute approximate surface area is 530 Å². The minimum absolute atomic E-state index is 0.104. The number of aliphatic hydroxyl groups excluding tert-OH is 1. The third-order valence-electron chi connectivity index (χ3n) is 16.3. The molecular weight excluding hydrogens is 1150 g/mol. The van der Waals surface area contributed by atoms with Crippen LogP contribution in [0.4, 0.5) is 0 Å². The van der Waals surface area contributed by atoms with Crippen molar-refractivity contribution in [2.24, 2.45) is 23.7 Å². The molecule has 4 unspecified atom stereocenters. The summed E-state index contributed by atoms with van der Waals surface area (Å²) in [7, 11) is -9.90. The molecule has 0 heterocycles. The number of esters is 4. The van der Waals surface area contributed by atoms with Gasteiger partial charge in [0.05, 0.1) is 26.4 Å². The zero-order chi connectivity index (χ0) is 64.7. The second-order valence-corrected chi connectivity index (χ2v) is 28.9. The number of unbranched alkanes of at least 4 members (excludes halogenated alkanes) is 29. The summed E-state index contributed by atoms with van der Waals surface area (Å²) in [6.07, 6.45) is 38.9. The molecule has 0 bridgehead atoms. The number of hydrogen-bond donors (Lipinski definition) is 3. The summed E-state index contributed by atoms with van der Waals surface area (Å²) in [6.45, 7) is 14.0. The van der Waals surface area contributed by atoms with Crippen LogP contribution in [0.15, 0.2) is 0 Å². The third-order valence-corrected chi connectivity index (χ3v) is 18.2. The molecule has 0 aliphatic carbocycles. The lowest BCUT2D eigenvalue weighted by atomic mass is 9.99. The highest BCUT2D eigenvalue weighted by atomic mass is 31.2. The molecule has 19 heteroatoms. The highest BCUT2D eigenvalue weighted by molar-refractivity contribution is 7.47. The Hall–Kier alpha value is -1.94. The van der Waals surface area contributed by atoms with Gasteiger partial charge in [0.1, 0.15) is 19.3 Å². The molecule has 0 spiro atoms. The number of phosphoric acid groups is 2. The van der Waals surface area contributed by atoms with E-state index >= 15 is 0 Å². The average molecular weight is 1280 g/mol. The van der Waals surface area contributed by atoms with Crippen molar-refractivity contribution in [1.29, 1.82) is 0 Å². The molecule has 0 aliphatic heterocycles. The van der Waals surface area contributed by atoms with Gasteiger partial charge in [0.15, 0.2) is 12.2 Å². The summed E-state index contributed by atoms with van der Waals surface area (Å²) < 4.78 is 68.2. The van der Waals surface area contributed by atoms with Crippen LogP contribution in [0.5, 0.6) is 0 Å². The van der Waals surface area contributed by atoms with E-state index in [0.717, 1.165) is 120 Å². The molecule has 516 valence electrons. The molecule has 0 rings (SSSR count). The van der Waals surface area contributed by atoms with Crippen molar-refractivity contribution in [2.45, 2.75) is 350 Å². The van der Waals surface area contributed by atoms with Gasteiger partial charge in [-0.3, -0.25) is 37.3 Å². The molecule has 0 aromatic carbocycles. The summed E-state index contributed by atoms with van der Waals surface area (Å²) in [6, 6.07) is 0. The van der Waals surface area contributed by atoms with E-state index in [9.17, 15) is 43.2 Å². The molecule has 17 nitrogen and oxygen atoms in total. The van der Waals surface area contributed by atoms with Crippen molar-refractivity contribution >= 4 is 39.5 Å². The predicted octanol–water partition coefficient (Wildman–Crippen LogP) is 18.9. The van der Waals surface area contributed by atoms with Gasteiger partial charge in [-0.15, -0.1) is 0 Å². The van der Waals surface area contributed by atoms with E-state index in [2.05, 4.69) is 55.4 Å². The molecule has 0 amide bonds. The Morgan fingerprint density at radius 2 is 0.552 bits per heavy atom. The van der Waals surface area contributed by atoms with Crippen LogP contribution in [0.1, 0.15) is 331 Å². The maximum atomic E-state index is 13.0. The molecule has 0 aromatic heterocycles. The van der Waals surface area contributed by atoms with Gasteiger partial charge in [0.2, 0.25) is 0 Å². The van der Waals surface area contributed by atoms with Gasteiger partial charge in [0.25, 0.3) is 0 Å². The quantitative estimate of drug-likeness (QED) is 0.0222. The first kappa shape index (κ1) is 85.1. The molecule has 3 N–H and O–H groups in total. The van der Waals surface area contributed by atoms with Crippen LogP contribution >= 0.6 is 15.6 Å². The van der Waals surface area contributed by atoms with E-state index in [-0.39, 0.29) is 25.7 Å².